The molecule has 30 heavy (non-hydrogen) atoms. The highest BCUT2D eigenvalue weighted by atomic mass is 16.2. The summed E-state index contributed by atoms with van der Waals surface area (Å²) in [5.41, 5.74) is 0.844. The van der Waals surface area contributed by atoms with E-state index in [9.17, 15) is 9.59 Å². The van der Waals surface area contributed by atoms with Crippen LogP contribution in [0.4, 0.5) is 16.4 Å². The Bertz CT molecular complexity index is 902. The molecular formula is C21H31N7O2. The Hall–Kier alpha value is -3.23. The highest BCUT2D eigenvalue weighted by molar-refractivity contribution is 6.03. The van der Waals surface area contributed by atoms with Crippen LogP contribution in [0.25, 0.3) is 0 Å². The van der Waals surface area contributed by atoms with Gasteiger partial charge in [-0.2, -0.15) is 0 Å². The fourth-order valence-electron chi connectivity index (χ4n) is 3.83. The standard InChI is InChI=1S/C21H27N7O2.2H2/c1-16-19(20(29)24-17-7-3-4-8-22-17)25-18(15-23-16)26-11-13-28(14-12-26)21(30)27-9-5-2-6-10-27;;/h3-4,7-8,15H,2,5-6,9-14H2,1H3,(H,22,24,29);2*1H. The van der Waals surface area contributed by atoms with Gasteiger partial charge in [-0.3, -0.25) is 9.78 Å². The van der Waals surface area contributed by atoms with Gasteiger partial charge in [0.1, 0.15) is 11.6 Å². The van der Waals surface area contributed by atoms with Crippen LogP contribution in [0.5, 0.6) is 0 Å². The Kier molecular flexibility index (Phi) is 6.06. The highest BCUT2D eigenvalue weighted by Crippen LogP contribution is 2.18. The minimum atomic E-state index is -0.334. The first-order valence-corrected chi connectivity index (χ1v) is 10.5. The summed E-state index contributed by atoms with van der Waals surface area (Å²) in [6, 6.07) is 5.46. The van der Waals surface area contributed by atoms with Crippen molar-refractivity contribution in [1.82, 2.24) is 24.8 Å². The fraction of sp³-hybridized carbons (Fsp3) is 0.476. The molecule has 0 bridgehead atoms. The molecule has 2 aliphatic rings. The molecule has 1 N–H and O–H groups in total. The zero-order valence-corrected chi connectivity index (χ0v) is 17.3. The molecule has 9 nitrogen and oxygen atoms in total. The number of nitrogens with one attached hydrogen (secondary N) is 1. The molecule has 3 amide bonds. The van der Waals surface area contributed by atoms with Crippen molar-refractivity contribution in [3.05, 3.63) is 42.0 Å². The predicted octanol–water partition coefficient (Wildman–Crippen LogP) is 2.65. The first-order chi connectivity index (χ1) is 14.6. The third-order valence-electron chi connectivity index (χ3n) is 5.57. The first kappa shape index (κ1) is 20.1. The molecule has 9 heteroatoms. The van der Waals surface area contributed by atoms with Gasteiger partial charge in [-0.1, -0.05) is 6.07 Å². The molecule has 0 spiro atoms. The van der Waals surface area contributed by atoms with Crippen LogP contribution in [0, 0.1) is 6.92 Å². The third-order valence-corrected chi connectivity index (χ3v) is 5.57. The van der Waals surface area contributed by atoms with Crippen molar-refractivity contribution < 1.29 is 12.4 Å². The largest absolute Gasteiger partial charge is 0.352 e. The molecule has 0 saturated carbocycles. The van der Waals surface area contributed by atoms with E-state index in [1.165, 1.54) is 6.42 Å². The lowest BCUT2D eigenvalue weighted by molar-refractivity contribution is 0.102. The molecular weight excluding hydrogens is 382 g/mol. The lowest BCUT2D eigenvalue weighted by Crippen LogP contribution is -2.54. The second-order valence-electron chi connectivity index (χ2n) is 7.64. The van der Waals surface area contributed by atoms with Crippen molar-refractivity contribution in [3.8, 4) is 0 Å². The van der Waals surface area contributed by atoms with Gasteiger partial charge < -0.3 is 20.0 Å². The molecule has 2 aliphatic heterocycles. The second-order valence-corrected chi connectivity index (χ2v) is 7.64. The topological polar surface area (TPSA) is 94.6 Å². The summed E-state index contributed by atoms with van der Waals surface area (Å²) in [4.78, 5) is 44.4. The van der Waals surface area contributed by atoms with Gasteiger partial charge in [0.25, 0.3) is 5.91 Å². The van der Waals surface area contributed by atoms with Crippen LogP contribution >= 0.6 is 0 Å². The minimum Gasteiger partial charge on any atom is -0.352 e. The summed E-state index contributed by atoms with van der Waals surface area (Å²) >= 11 is 0. The predicted molar refractivity (Wildman–Crippen MR) is 118 cm³/mol. The smallest absolute Gasteiger partial charge is 0.320 e. The van der Waals surface area contributed by atoms with Gasteiger partial charge in [0, 0.05) is 48.3 Å². The Morgan fingerprint density at radius 3 is 2.40 bits per heavy atom. The molecule has 2 fully saturated rings. The van der Waals surface area contributed by atoms with Gasteiger partial charge in [0.2, 0.25) is 0 Å². The number of carbonyl (C=O) groups is 2. The number of piperidine rings is 1. The first-order valence-electron chi connectivity index (χ1n) is 10.5. The maximum absolute atomic E-state index is 12.7. The van der Waals surface area contributed by atoms with Crippen LogP contribution in [0.1, 0.15) is 38.3 Å². The number of likely N-dealkylation sites (tertiary alicyclic amines) is 1. The lowest BCUT2D eigenvalue weighted by Gasteiger charge is -2.39. The van der Waals surface area contributed by atoms with Gasteiger partial charge in [0.05, 0.1) is 11.9 Å². The van der Waals surface area contributed by atoms with E-state index < -0.39 is 0 Å². The number of amides is 3. The number of aromatic nitrogens is 3. The molecule has 2 aromatic heterocycles. The van der Waals surface area contributed by atoms with Crippen molar-refractivity contribution in [2.75, 3.05) is 49.5 Å². The maximum Gasteiger partial charge on any atom is 0.320 e. The van der Waals surface area contributed by atoms with Crippen molar-refractivity contribution in [1.29, 1.82) is 0 Å². The van der Waals surface area contributed by atoms with Crippen LogP contribution in [0.2, 0.25) is 0 Å². The lowest BCUT2D eigenvalue weighted by atomic mass is 10.1. The van der Waals surface area contributed by atoms with Gasteiger partial charge in [0.15, 0.2) is 5.69 Å². The van der Waals surface area contributed by atoms with E-state index in [4.69, 9.17) is 0 Å². The fourth-order valence-corrected chi connectivity index (χ4v) is 3.83. The SMILES string of the molecule is Cc1ncc(N2CCN(C(=O)N3CCCCC3)CC2)nc1C(=O)Nc1ccccn1.[HH].[HH]. The van der Waals surface area contributed by atoms with Crippen molar-refractivity contribution in [2.45, 2.75) is 26.2 Å². The third kappa shape index (κ3) is 4.50. The van der Waals surface area contributed by atoms with Crippen molar-refractivity contribution in [2.24, 2.45) is 0 Å². The number of carbonyl (C=O) groups excluding carboxylic acids is 2. The summed E-state index contributed by atoms with van der Waals surface area (Å²) in [5.74, 6) is 0.787. The van der Waals surface area contributed by atoms with Gasteiger partial charge in [-0.15, -0.1) is 0 Å². The summed E-state index contributed by atoms with van der Waals surface area (Å²) < 4.78 is 0. The molecule has 0 atom stereocenters. The van der Waals surface area contributed by atoms with E-state index >= 15 is 0 Å². The average molecular weight is 414 g/mol. The van der Waals surface area contributed by atoms with Crippen LogP contribution < -0.4 is 10.2 Å². The molecule has 2 aromatic rings. The molecule has 0 radical (unpaired) electrons. The Morgan fingerprint density at radius 2 is 1.70 bits per heavy atom. The summed E-state index contributed by atoms with van der Waals surface area (Å²) in [6.07, 6.45) is 6.70. The van der Waals surface area contributed by atoms with E-state index in [0.717, 1.165) is 25.9 Å². The summed E-state index contributed by atoms with van der Waals surface area (Å²) in [7, 11) is 0. The maximum atomic E-state index is 12.7. The number of piperazine rings is 1. The molecule has 0 unspecified atom stereocenters. The van der Waals surface area contributed by atoms with E-state index in [1.807, 2.05) is 15.9 Å². The molecule has 0 aliphatic carbocycles. The zero-order valence-electron chi connectivity index (χ0n) is 17.3. The average Bonchev–Trinajstić information content (AvgIpc) is 2.80. The highest BCUT2D eigenvalue weighted by Gasteiger charge is 2.27. The number of nitrogens with zero attached hydrogens (tertiary/aromatic N) is 6. The summed E-state index contributed by atoms with van der Waals surface area (Å²) in [6.45, 7) is 6.09. The summed E-state index contributed by atoms with van der Waals surface area (Å²) in [5, 5.41) is 2.76. The van der Waals surface area contributed by atoms with E-state index in [1.54, 1.807) is 31.5 Å². The number of hydrogen-bond acceptors (Lipinski definition) is 6. The second kappa shape index (κ2) is 9.06. The molecule has 4 rings (SSSR count). The Labute approximate surface area is 179 Å². The van der Waals surface area contributed by atoms with Crippen LogP contribution in [0.3, 0.4) is 0 Å². The normalized spacial score (nSPS) is 17.0. The van der Waals surface area contributed by atoms with Gasteiger partial charge >= 0.3 is 6.03 Å². The van der Waals surface area contributed by atoms with E-state index in [2.05, 4.69) is 25.2 Å². The minimum absolute atomic E-state index is 0. The van der Waals surface area contributed by atoms with Crippen LogP contribution in [-0.4, -0.2) is 76.0 Å². The number of urea groups is 1. The molecule has 162 valence electrons. The zero-order chi connectivity index (χ0) is 20.9. The quantitative estimate of drug-likeness (QED) is 0.831. The van der Waals surface area contributed by atoms with Gasteiger partial charge in [-0.05, 0) is 38.3 Å². The number of hydrogen-bond donors (Lipinski definition) is 1. The number of anilines is 2. The molecule has 2 saturated heterocycles. The Balaban J connectivity index is 0.00000181. The number of rotatable bonds is 3. The van der Waals surface area contributed by atoms with E-state index in [-0.39, 0.29) is 20.5 Å². The Morgan fingerprint density at radius 1 is 0.967 bits per heavy atom. The van der Waals surface area contributed by atoms with E-state index in [0.29, 0.717) is 43.5 Å². The molecule has 0 aromatic carbocycles. The van der Waals surface area contributed by atoms with Crippen molar-refractivity contribution >= 4 is 23.6 Å². The molecule has 4 heterocycles. The monoisotopic (exact) mass is 413 g/mol. The number of aryl methyl sites for hydroxylation is 1. The van der Waals surface area contributed by atoms with Crippen LogP contribution in [0.15, 0.2) is 30.6 Å². The van der Waals surface area contributed by atoms with Crippen molar-refractivity contribution in [3.63, 3.8) is 0 Å². The van der Waals surface area contributed by atoms with Crippen LogP contribution in [-0.2, 0) is 0 Å². The number of pyridine rings is 1. The van der Waals surface area contributed by atoms with Gasteiger partial charge in [-0.25, -0.2) is 14.8 Å².